The molecule has 2 rings (SSSR count). The minimum atomic E-state index is -0.644. The Labute approximate surface area is 144 Å². The van der Waals surface area contributed by atoms with Gasteiger partial charge in [0.15, 0.2) is 6.61 Å². The highest BCUT2D eigenvalue weighted by Crippen LogP contribution is 2.17. The van der Waals surface area contributed by atoms with Crippen LogP contribution >= 0.6 is 0 Å². The first-order chi connectivity index (χ1) is 12.0. The third-order valence-electron chi connectivity index (χ3n) is 3.27. The van der Waals surface area contributed by atoms with Gasteiger partial charge in [-0.05, 0) is 29.8 Å². The van der Waals surface area contributed by atoms with Crippen molar-refractivity contribution in [3.63, 3.8) is 0 Å². The van der Waals surface area contributed by atoms with Crippen molar-refractivity contribution in [1.29, 1.82) is 0 Å². The van der Waals surface area contributed by atoms with Crippen molar-refractivity contribution >= 4 is 17.8 Å². The molecule has 0 aromatic heterocycles. The summed E-state index contributed by atoms with van der Waals surface area (Å²) in [7, 11) is 1.30. The Morgan fingerprint density at radius 2 is 1.68 bits per heavy atom. The molecule has 0 aliphatic rings. The van der Waals surface area contributed by atoms with Gasteiger partial charge < -0.3 is 19.9 Å². The number of ether oxygens (including phenoxy) is 3. The van der Waals surface area contributed by atoms with E-state index in [2.05, 4.69) is 4.74 Å². The number of carbonyl (C=O) groups excluding carboxylic acids is 3. The molecule has 0 saturated heterocycles. The predicted molar refractivity (Wildman–Crippen MR) is 88.0 cm³/mol. The highest BCUT2D eigenvalue weighted by atomic mass is 16.6. The van der Waals surface area contributed by atoms with E-state index in [1.165, 1.54) is 13.2 Å². The summed E-state index contributed by atoms with van der Waals surface area (Å²) in [6, 6.07) is 12.8. The molecule has 0 radical (unpaired) electrons. The van der Waals surface area contributed by atoms with Crippen molar-refractivity contribution in [2.45, 2.75) is 6.61 Å². The maximum absolute atomic E-state index is 11.8. The fourth-order valence-electron chi connectivity index (χ4n) is 1.99. The summed E-state index contributed by atoms with van der Waals surface area (Å²) in [5.74, 6) is -1.47. The summed E-state index contributed by atoms with van der Waals surface area (Å²) in [5, 5.41) is 0. The van der Waals surface area contributed by atoms with E-state index in [4.69, 9.17) is 15.2 Å². The number of amides is 1. The number of nitrogens with two attached hydrogens (primary N) is 1. The number of methoxy groups -OCH3 is 1. The van der Waals surface area contributed by atoms with E-state index in [1.807, 2.05) is 0 Å². The highest BCUT2D eigenvalue weighted by molar-refractivity contribution is 5.95. The molecule has 130 valence electrons. The van der Waals surface area contributed by atoms with Crippen molar-refractivity contribution in [1.82, 2.24) is 0 Å². The van der Waals surface area contributed by atoms with E-state index in [9.17, 15) is 14.4 Å². The molecular weight excluding hydrogens is 326 g/mol. The Morgan fingerprint density at radius 1 is 1.00 bits per heavy atom. The lowest BCUT2D eigenvalue weighted by molar-refractivity contribution is -0.147. The second kappa shape index (κ2) is 8.49. The van der Waals surface area contributed by atoms with E-state index < -0.39 is 17.8 Å². The topological polar surface area (TPSA) is 105 Å². The van der Waals surface area contributed by atoms with Crippen LogP contribution in [0.3, 0.4) is 0 Å². The Bertz CT molecular complexity index is 769. The van der Waals surface area contributed by atoms with Crippen LogP contribution in [0, 0.1) is 0 Å². The third-order valence-corrected chi connectivity index (χ3v) is 3.27. The van der Waals surface area contributed by atoms with Crippen LogP contribution in [0.4, 0.5) is 0 Å². The Morgan fingerprint density at radius 3 is 2.32 bits per heavy atom. The molecule has 2 aromatic carbocycles. The zero-order valence-electron chi connectivity index (χ0n) is 13.6. The molecule has 2 N–H and O–H groups in total. The number of rotatable bonds is 7. The summed E-state index contributed by atoms with van der Waals surface area (Å²) in [6.07, 6.45) is 0. The molecule has 2 aromatic rings. The first-order valence-electron chi connectivity index (χ1n) is 7.35. The number of esters is 2. The van der Waals surface area contributed by atoms with Crippen molar-refractivity contribution in [2.75, 3.05) is 13.7 Å². The quantitative estimate of drug-likeness (QED) is 0.767. The van der Waals surface area contributed by atoms with Crippen molar-refractivity contribution in [3.05, 3.63) is 65.2 Å². The molecule has 0 bridgehead atoms. The monoisotopic (exact) mass is 343 g/mol. The molecular formula is C18H17NO6. The molecule has 0 aliphatic carbocycles. The third kappa shape index (κ3) is 5.07. The number of benzene rings is 2. The lowest BCUT2D eigenvalue weighted by Crippen LogP contribution is -2.18. The van der Waals surface area contributed by atoms with E-state index in [-0.39, 0.29) is 24.5 Å². The predicted octanol–water partition coefficient (Wildman–Crippen LogP) is 1.69. The largest absolute Gasteiger partial charge is 0.481 e. The lowest BCUT2D eigenvalue weighted by atomic mass is 10.1. The summed E-state index contributed by atoms with van der Waals surface area (Å²) < 4.78 is 15.0. The van der Waals surface area contributed by atoms with Gasteiger partial charge in [-0.3, -0.25) is 4.79 Å². The number of hydrogen-bond donors (Lipinski definition) is 1. The van der Waals surface area contributed by atoms with Gasteiger partial charge in [-0.25, -0.2) is 9.59 Å². The first-order valence-corrected chi connectivity index (χ1v) is 7.35. The van der Waals surface area contributed by atoms with Gasteiger partial charge >= 0.3 is 11.9 Å². The zero-order valence-corrected chi connectivity index (χ0v) is 13.6. The Hall–Kier alpha value is -3.35. The standard InChI is InChI=1S/C18H17NO6/c1-23-18(22)13-8-6-12(7-9-13)10-25-16(20)11-24-15-5-3-2-4-14(15)17(19)21/h2-9H,10-11H2,1H3,(H2,19,21). The van der Waals surface area contributed by atoms with Gasteiger partial charge in [0.05, 0.1) is 18.2 Å². The van der Waals surface area contributed by atoms with Gasteiger partial charge in [0.2, 0.25) is 0 Å². The fourth-order valence-corrected chi connectivity index (χ4v) is 1.99. The van der Waals surface area contributed by atoms with Crippen LogP contribution in [0.25, 0.3) is 0 Å². The molecule has 0 atom stereocenters. The SMILES string of the molecule is COC(=O)c1ccc(COC(=O)COc2ccccc2C(N)=O)cc1. The van der Waals surface area contributed by atoms with Crippen LogP contribution in [0.15, 0.2) is 48.5 Å². The second-order valence-electron chi connectivity index (χ2n) is 5.00. The van der Waals surface area contributed by atoms with Gasteiger partial charge in [-0.2, -0.15) is 0 Å². The van der Waals surface area contributed by atoms with Gasteiger partial charge in [-0.15, -0.1) is 0 Å². The molecule has 25 heavy (non-hydrogen) atoms. The van der Waals surface area contributed by atoms with Gasteiger partial charge in [0.25, 0.3) is 5.91 Å². The summed E-state index contributed by atoms with van der Waals surface area (Å²) in [6.45, 7) is -0.328. The Kier molecular flexibility index (Phi) is 6.11. The molecule has 0 unspecified atom stereocenters. The van der Waals surface area contributed by atoms with Crippen LogP contribution in [0.1, 0.15) is 26.3 Å². The summed E-state index contributed by atoms with van der Waals surface area (Å²) in [4.78, 5) is 34.4. The van der Waals surface area contributed by atoms with E-state index in [0.717, 1.165) is 0 Å². The lowest BCUT2D eigenvalue weighted by Gasteiger charge is -2.09. The normalized spacial score (nSPS) is 9.96. The number of carbonyl (C=O) groups is 3. The van der Waals surface area contributed by atoms with Crippen LogP contribution in [-0.2, 0) is 20.9 Å². The van der Waals surface area contributed by atoms with E-state index in [0.29, 0.717) is 11.1 Å². The van der Waals surface area contributed by atoms with Crippen molar-refractivity contribution in [2.24, 2.45) is 5.73 Å². The smallest absolute Gasteiger partial charge is 0.344 e. The molecule has 0 heterocycles. The molecule has 7 nitrogen and oxygen atoms in total. The van der Waals surface area contributed by atoms with E-state index >= 15 is 0 Å². The maximum atomic E-state index is 11.8. The first kappa shape index (κ1) is 18.0. The minimum absolute atomic E-state index is 0.0289. The molecule has 0 fully saturated rings. The zero-order chi connectivity index (χ0) is 18.2. The second-order valence-corrected chi connectivity index (χ2v) is 5.00. The summed E-state index contributed by atoms with van der Waals surface area (Å²) in [5.41, 5.74) is 6.53. The van der Waals surface area contributed by atoms with Gasteiger partial charge in [-0.1, -0.05) is 24.3 Å². The van der Waals surface area contributed by atoms with Crippen LogP contribution in [-0.4, -0.2) is 31.6 Å². The number of para-hydroxylation sites is 1. The molecule has 0 saturated carbocycles. The molecule has 7 heteroatoms. The number of hydrogen-bond acceptors (Lipinski definition) is 6. The molecule has 1 amide bonds. The fraction of sp³-hybridized carbons (Fsp3) is 0.167. The van der Waals surface area contributed by atoms with Crippen molar-refractivity contribution < 1.29 is 28.6 Å². The maximum Gasteiger partial charge on any atom is 0.344 e. The van der Waals surface area contributed by atoms with Gasteiger partial charge in [0, 0.05) is 0 Å². The number of primary amides is 1. The van der Waals surface area contributed by atoms with Crippen LogP contribution < -0.4 is 10.5 Å². The highest BCUT2D eigenvalue weighted by Gasteiger charge is 2.11. The molecule has 0 spiro atoms. The summed E-state index contributed by atoms with van der Waals surface area (Å²) >= 11 is 0. The van der Waals surface area contributed by atoms with Crippen LogP contribution in [0.2, 0.25) is 0 Å². The van der Waals surface area contributed by atoms with E-state index in [1.54, 1.807) is 42.5 Å². The average Bonchev–Trinajstić information content (AvgIpc) is 2.64. The van der Waals surface area contributed by atoms with Crippen molar-refractivity contribution in [3.8, 4) is 5.75 Å². The molecule has 0 aliphatic heterocycles. The average molecular weight is 343 g/mol. The minimum Gasteiger partial charge on any atom is -0.481 e. The van der Waals surface area contributed by atoms with Gasteiger partial charge in [0.1, 0.15) is 12.4 Å². The van der Waals surface area contributed by atoms with Crippen LogP contribution in [0.5, 0.6) is 5.75 Å². The Balaban J connectivity index is 1.85.